The lowest BCUT2D eigenvalue weighted by atomic mass is 9.96. The third kappa shape index (κ3) is 43.4. The summed E-state index contributed by atoms with van der Waals surface area (Å²) in [6.07, 6.45) is 63.3. The fourth-order valence-corrected chi connectivity index (χ4v) is 13.0. The van der Waals surface area contributed by atoms with Crippen LogP contribution in [0.2, 0.25) is 0 Å². The van der Waals surface area contributed by atoms with E-state index in [0.29, 0.717) is 12.8 Å². The van der Waals surface area contributed by atoms with E-state index in [1.54, 1.807) is 6.08 Å². The van der Waals surface area contributed by atoms with Crippen molar-refractivity contribution in [2.75, 3.05) is 26.4 Å². The average Bonchev–Trinajstić information content (AvgIpc) is 0.783. The lowest BCUT2D eigenvalue weighted by Crippen LogP contribution is -2.66. The maximum atomic E-state index is 13.5. The molecule has 0 aromatic rings. The molecule has 17 atom stereocenters. The van der Waals surface area contributed by atoms with Crippen molar-refractivity contribution in [2.24, 2.45) is 0 Å². The first kappa shape index (κ1) is 94.4. The molecule has 0 aromatic carbocycles. The van der Waals surface area contributed by atoms with Crippen LogP contribution in [0.5, 0.6) is 0 Å². The number of aliphatic hydroxyl groups is 11. The van der Waals surface area contributed by atoms with Crippen molar-refractivity contribution in [3.05, 3.63) is 122 Å². The lowest BCUT2D eigenvalue weighted by Gasteiger charge is -2.48. The van der Waals surface area contributed by atoms with Crippen molar-refractivity contribution in [1.82, 2.24) is 5.32 Å². The molecule has 0 radical (unpaired) electrons. The molecule has 3 fully saturated rings. The van der Waals surface area contributed by atoms with Gasteiger partial charge in [0.2, 0.25) is 5.91 Å². The van der Waals surface area contributed by atoms with Crippen molar-refractivity contribution in [1.29, 1.82) is 0 Å². The topological polar surface area (TPSA) is 307 Å². The molecule has 0 bridgehead atoms. The second-order valence-electron chi connectivity index (χ2n) is 28.5. The van der Waals surface area contributed by atoms with Crippen molar-refractivity contribution in [2.45, 2.75) is 381 Å². The monoisotopic (exact) mass is 1470 g/mol. The van der Waals surface area contributed by atoms with Crippen LogP contribution in [0, 0.1) is 0 Å². The molecule has 3 aliphatic rings. The standard InChI is InChI=1S/C85H145NO18/c1-3-5-7-9-11-13-15-17-19-21-23-25-27-29-31-32-33-34-35-37-38-40-42-44-46-48-50-52-54-56-58-60-62-69(90)68(86-73(91)63-61-59-57-55-53-51-49-47-45-43-41-39-36-30-28-26-24-22-20-18-16-14-12-10-8-6-4-2)67-99-83-79(97)76(94)81(71(65-88)101-83)104-85-80(98)77(95)82(72(66-89)102-85)103-84-78(96)75(93)74(92)70(64-87)100-84/h6,8,12,14,18,20,24,26,30,36,41,43-44,46-47,49,52,54,60,62,68-72,74-85,87-90,92-98H,3-5,7,9-11,13,15-17,19,21-23,25,27-29,31-35,37-40,42,45,48,50-51,53,55-59,61,63-67H2,1-2H3,(H,86,91)/b8-6-,14-12-,20-18-,26-24-,36-30-,43-41-,46-44+,49-47-,54-52+,62-60+. The van der Waals surface area contributed by atoms with Crippen LogP contribution in [-0.2, 0) is 33.2 Å². The summed E-state index contributed by atoms with van der Waals surface area (Å²) in [4.78, 5) is 13.5. The highest BCUT2D eigenvalue weighted by Gasteiger charge is 2.54. The molecule has 0 aromatic heterocycles. The molecule has 19 nitrogen and oxygen atoms in total. The normalized spacial score (nSPS) is 26.6. The fraction of sp³-hybridized carbons (Fsp3) is 0.753. The van der Waals surface area contributed by atoms with Crippen molar-refractivity contribution in [3.63, 3.8) is 0 Å². The van der Waals surface area contributed by atoms with Crippen LogP contribution in [0.4, 0.5) is 0 Å². The summed E-state index contributed by atoms with van der Waals surface area (Å²) >= 11 is 0. The minimum Gasteiger partial charge on any atom is -0.394 e. The molecule has 12 N–H and O–H groups in total. The first-order chi connectivity index (χ1) is 50.8. The minimum atomic E-state index is -1.99. The molecule has 104 heavy (non-hydrogen) atoms. The van der Waals surface area contributed by atoms with E-state index in [1.807, 2.05) is 6.08 Å². The molecule has 17 unspecified atom stereocenters. The Morgan fingerprint density at radius 2 is 0.673 bits per heavy atom. The van der Waals surface area contributed by atoms with E-state index in [1.165, 1.54) is 141 Å². The Balaban J connectivity index is 1.41. The molecule has 3 rings (SSSR count). The number of carbonyl (C=O) groups is 1. The Hall–Kier alpha value is -3.81. The highest BCUT2D eigenvalue weighted by atomic mass is 16.8. The number of hydrogen-bond donors (Lipinski definition) is 12. The zero-order valence-corrected chi connectivity index (χ0v) is 64.0. The van der Waals surface area contributed by atoms with Gasteiger partial charge in [0.15, 0.2) is 18.9 Å². The van der Waals surface area contributed by atoms with Gasteiger partial charge in [-0.25, -0.2) is 0 Å². The van der Waals surface area contributed by atoms with E-state index < -0.39 is 124 Å². The van der Waals surface area contributed by atoms with Gasteiger partial charge in [0.1, 0.15) is 73.2 Å². The summed E-state index contributed by atoms with van der Waals surface area (Å²) in [5.41, 5.74) is 0. The van der Waals surface area contributed by atoms with Crippen molar-refractivity contribution < 1.29 is 89.4 Å². The molecule has 0 spiro atoms. The Bertz CT molecular complexity index is 2350. The number of nitrogens with one attached hydrogen (secondary N) is 1. The molecular formula is C85H145NO18. The largest absolute Gasteiger partial charge is 0.394 e. The van der Waals surface area contributed by atoms with E-state index in [4.69, 9.17) is 28.4 Å². The smallest absolute Gasteiger partial charge is 0.220 e. The predicted molar refractivity (Wildman–Crippen MR) is 415 cm³/mol. The van der Waals surface area contributed by atoms with Crippen LogP contribution in [0.25, 0.3) is 0 Å². The molecule has 3 heterocycles. The third-order valence-corrected chi connectivity index (χ3v) is 19.5. The first-order valence-corrected chi connectivity index (χ1v) is 40.8. The molecular weight excluding hydrogens is 1320 g/mol. The van der Waals surface area contributed by atoms with E-state index in [0.717, 1.165) is 103 Å². The summed E-state index contributed by atoms with van der Waals surface area (Å²) in [6.45, 7) is 1.59. The van der Waals surface area contributed by atoms with Crippen LogP contribution in [0.3, 0.4) is 0 Å². The van der Waals surface area contributed by atoms with Crippen molar-refractivity contribution >= 4 is 5.91 Å². The number of amides is 1. The van der Waals surface area contributed by atoms with Crippen LogP contribution in [0.15, 0.2) is 122 Å². The van der Waals surface area contributed by atoms with Gasteiger partial charge in [0, 0.05) is 6.42 Å². The summed E-state index contributed by atoms with van der Waals surface area (Å²) in [5, 5.41) is 121. The van der Waals surface area contributed by atoms with Gasteiger partial charge in [0.05, 0.1) is 38.6 Å². The highest BCUT2D eigenvalue weighted by Crippen LogP contribution is 2.33. The number of allylic oxidation sites excluding steroid dienone is 19. The van der Waals surface area contributed by atoms with E-state index in [2.05, 4.69) is 129 Å². The van der Waals surface area contributed by atoms with E-state index >= 15 is 0 Å². The van der Waals surface area contributed by atoms with Gasteiger partial charge in [-0.3, -0.25) is 4.79 Å². The Kier molecular flexibility index (Phi) is 58.1. The fourth-order valence-electron chi connectivity index (χ4n) is 13.0. The number of ether oxygens (including phenoxy) is 6. The number of rotatable bonds is 63. The molecule has 19 heteroatoms. The highest BCUT2D eigenvalue weighted by molar-refractivity contribution is 5.76. The summed E-state index contributed by atoms with van der Waals surface area (Å²) < 4.78 is 34.4. The van der Waals surface area contributed by atoms with E-state index in [-0.39, 0.29) is 18.9 Å². The SMILES string of the molecule is CC/C=C\C/C=C\C/C=C\C/C=C\C/C=C\C/C=C\C/C=C\CCCCCCCC(=O)NC(COC1OC(CO)C(OC2OC(CO)C(OC3OC(CO)C(O)C(O)C3O)C(O)C2O)C(O)C1O)C(O)/C=C/CC/C=C/CC/C=C/CCCCCCCCCCCCCCCCCCCCCCCC. The van der Waals surface area contributed by atoms with Gasteiger partial charge in [-0.15, -0.1) is 0 Å². The first-order valence-electron chi connectivity index (χ1n) is 40.8. The number of carbonyl (C=O) groups excluding carboxylic acids is 1. The molecule has 598 valence electrons. The molecule has 3 saturated heterocycles. The quantitative estimate of drug-likeness (QED) is 0.0199. The van der Waals surface area contributed by atoms with Crippen LogP contribution < -0.4 is 5.32 Å². The van der Waals surface area contributed by atoms with Gasteiger partial charge >= 0.3 is 0 Å². The Labute approximate surface area is 627 Å². The maximum absolute atomic E-state index is 13.5. The van der Waals surface area contributed by atoms with Gasteiger partial charge in [-0.05, 0) is 103 Å². The van der Waals surface area contributed by atoms with Crippen molar-refractivity contribution in [3.8, 4) is 0 Å². The third-order valence-electron chi connectivity index (χ3n) is 19.5. The predicted octanol–water partition coefficient (Wildman–Crippen LogP) is 13.9. The molecule has 0 aliphatic carbocycles. The van der Waals surface area contributed by atoms with E-state index in [9.17, 15) is 61.0 Å². The number of hydrogen-bond acceptors (Lipinski definition) is 18. The second-order valence-corrected chi connectivity index (χ2v) is 28.5. The van der Waals surface area contributed by atoms with Crippen LogP contribution in [0.1, 0.15) is 277 Å². The minimum absolute atomic E-state index is 0.201. The average molecular weight is 1470 g/mol. The lowest BCUT2D eigenvalue weighted by molar-refractivity contribution is -0.379. The number of unbranched alkanes of at least 4 members (excludes halogenated alkanes) is 29. The zero-order chi connectivity index (χ0) is 75.3. The Morgan fingerprint density at radius 1 is 0.356 bits per heavy atom. The van der Waals surface area contributed by atoms with Gasteiger partial charge < -0.3 is 89.9 Å². The molecule has 1 amide bonds. The maximum Gasteiger partial charge on any atom is 0.220 e. The van der Waals surface area contributed by atoms with Gasteiger partial charge in [-0.1, -0.05) is 289 Å². The summed E-state index contributed by atoms with van der Waals surface area (Å²) in [5.74, 6) is -0.312. The zero-order valence-electron chi connectivity index (χ0n) is 64.0. The second kappa shape index (κ2) is 64.1. The van der Waals surface area contributed by atoms with Crippen LogP contribution in [-0.4, -0.2) is 193 Å². The number of aliphatic hydroxyl groups excluding tert-OH is 11. The van der Waals surface area contributed by atoms with Gasteiger partial charge in [-0.2, -0.15) is 0 Å². The van der Waals surface area contributed by atoms with Gasteiger partial charge in [0.25, 0.3) is 0 Å². The summed E-state index contributed by atoms with van der Waals surface area (Å²) in [6, 6.07) is -1.02. The van der Waals surface area contributed by atoms with Crippen LogP contribution >= 0.6 is 0 Å². The molecule has 0 saturated carbocycles. The molecule has 3 aliphatic heterocycles. The summed E-state index contributed by atoms with van der Waals surface area (Å²) in [7, 11) is 0. The Morgan fingerprint density at radius 3 is 1.08 bits per heavy atom.